The molecule has 0 unspecified atom stereocenters. The van der Waals surface area contributed by atoms with E-state index in [1.54, 1.807) is 0 Å². The molecule has 0 saturated carbocycles. The van der Waals surface area contributed by atoms with Crippen LogP contribution in [0, 0.1) is 0 Å². The molecule has 0 heterocycles. The third-order valence-electron chi connectivity index (χ3n) is 2.11. The summed E-state index contributed by atoms with van der Waals surface area (Å²) in [6, 6.07) is 7.73. The summed E-state index contributed by atoms with van der Waals surface area (Å²) in [4.78, 5) is 11.6. The molecule has 0 spiro atoms. The normalized spacial score (nSPS) is 9.88. The molecule has 0 aliphatic rings. The predicted octanol–water partition coefficient (Wildman–Crippen LogP) is 1.05. The molecule has 4 nitrogen and oxygen atoms in total. The summed E-state index contributed by atoms with van der Waals surface area (Å²) < 4.78 is 0. The molecule has 1 rings (SSSR count). The number of benzene rings is 1. The van der Waals surface area contributed by atoms with E-state index in [0.29, 0.717) is 5.56 Å². The molecule has 1 amide bonds. The van der Waals surface area contributed by atoms with Crippen LogP contribution in [0.3, 0.4) is 0 Å². The first kappa shape index (κ1) is 16.3. The number of amides is 1. The smallest absolute Gasteiger partial charge is 0.251 e. The number of hydrazine groups is 1. The molecule has 1 aromatic rings. The number of carbonyl (C=O) groups excluding carboxylic acids is 1. The Morgan fingerprint density at radius 3 is 2.29 bits per heavy atom. The quantitative estimate of drug-likeness (QED) is 0.629. The standard InChI is InChI=1S/C12H19N3O.Pt/c1-9(2)15-12(16)11-6-4-10(5-7-11)8-14-13-3;/h4-7,9,13-14H,8H2,1-3H3,(H,15,16);. The molecule has 0 aromatic heterocycles. The van der Waals surface area contributed by atoms with Gasteiger partial charge in [-0.25, -0.2) is 0 Å². The van der Waals surface area contributed by atoms with E-state index in [4.69, 9.17) is 0 Å². The fourth-order valence-electron chi connectivity index (χ4n) is 1.31. The molecule has 0 saturated heterocycles. The van der Waals surface area contributed by atoms with Crippen LogP contribution in [0.2, 0.25) is 0 Å². The predicted molar refractivity (Wildman–Crippen MR) is 64.9 cm³/mol. The van der Waals surface area contributed by atoms with E-state index in [1.807, 2.05) is 45.2 Å². The summed E-state index contributed by atoms with van der Waals surface area (Å²) >= 11 is 0. The SMILES string of the molecule is CNNCc1ccc(C(=O)NC(C)C)cc1.[Pt]. The first-order chi connectivity index (χ1) is 7.63. The molecule has 0 aliphatic carbocycles. The van der Waals surface area contributed by atoms with Crippen molar-refractivity contribution in [3.05, 3.63) is 35.4 Å². The Morgan fingerprint density at radius 1 is 1.24 bits per heavy atom. The van der Waals surface area contributed by atoms with E-state index < -0.39 is 0 Å². The summed E-state index contributed by atoms with van der Waals surface area (Å²) in [7, 11) is 1.82. The van der Waals surface area contributed by atoms with Crippen molar-refractivity contribution in [1.29, 1.82) is 0 Å². The molecule has 0 bridgehead atoms. The fourth-order valence-corrected chi connectivity index (χ4v) is 1.31. The van der Waals surface area contributed by atoms with Gasteiger partial charge < -0.3 is 5.32 Å². The zero-order valence-electron chi connectivity index (χ0n) is 10.3. The Balaban J connectivity index is 0.00000256. The van der Waals surface area contributed by atoms with Crippen LogP contribution >= 0.6 is 0 Å². The first-order valence-corrected chi connectivity index (χ1v) is 5.43. The summed E-state index contributed by atoms with van der Waals surface area (Å²) in [5.41, 5.74) is 7.68. The van der Waals surface area contributed by atoms with Crippen LogP contribution in [0.4, 0.5) is 0 Å². The summed E-state index contributed by atoms with van der Waals surface area (Å²) in [6.45, 7) is 4.63. The van der Waals surface area contributed by atoms with Crippen molar-refractivity contribution in [2.75, 3.05) is 7.05 Å². The summed E-state index contributed by atoms with van der Waals surface area (Å²) in [6.07, 6.45) is 0. The van der Waals surface area contributed by atoms with Crippen molar-refractivity contribution < 1.29 is 25.9 Å². The molecule has 0 atom stereocenters. The molecule has 3 N–H and O–H groups in total. The topological polar surface area (TPSA) is 53.2 Å². The molecular formula is C12H19N3OPt. The zero-order chi connectivity index (χ0) is 12.0. The van der Waals surface area contributed by atoms with Gasteiger partial charge in [-0.05, 0) is 38.6 Å². The fraction of sp³-hybridized carbons (Fsp3) is 0.417. The number of hydrogen-bond acceptors (Lipinski definition) is 3. The van der Waals surface area contributed by atoms with Gasteiger partial charge in [0.05, 0.1) is 0 Å². The van der Waals surface area contributed by atoms with Gasteiger partial charge in [-0.1, -0.05) is 12.1 Å². The van der Waals surface area contributed by atoms with Crippen LogP contribution in [0.15, 0.2) is 24.3 Å². The van der Waals surface area contributed by atoms with Crippen LogP contribution in [0.5, 0.6) is 0 Å². The van der Waals surface area contributed by atoms with E-state index in [2.05, 4.69) is 16.2 Å². The Morgan fingerprint density at radius 2 is 1.82 bits per heavy atom. The third-order valence-corrected chi connectivity index (χ3v) is 2.11. The van der Waals surface area contributed by atoms with E-state index in [-0.39, 0.29) is 33.0 Å². The number of nitrogens with one attached hydrogen (secondary N) is 3. The second kappa shape index (κ2) is 8.40. The molecule has 17 heavy (non-hydrogen) atoms. The van der Waals surface area contributed by atoms with E-state index in [9.17, 15) is 4.79 Å². The van der Waals surface area contributed by atoms with Gasteiger partial charge >= 0.3 is 0 Å². The van der Waals surface area contributed by atoms with Crippen molar-refractivity contribution in [1.82, 2.24) is 16.2 Å². The zero-order valence-corrected chi connectivity index (χ0v) is 12.6. The average Bonchev–Trinajstić information content (AvgIpc) is 2.26. The Bertz CT molecular complexity index is 338. The minimum absolute atomic E-state index is 0. The van der Waals surface area contributed by atoms with E-state index >= 15 is 0 Å². The second-order valence-electron chi connectivity index (χ2n) is 3.93. The molecule has 5 heteroatoms. The average molecular weight is 416 g/mol. The molecule has 0 radical (unpaired) electrons. The van der Waals surface area contributed by atoms with Crippen LogP contribution < -0.4 is 16.2 Å². The van der Waals surface area contributed by atoms with E-state index in [0.717, 1.165) is 12.1 Å². The van der Waals surface area contributed by atoms with Gasteiger partial charge in [0.15, 0.2) is 0 Å². The minimum atomic E-state index is -0.0249. The maximum absolute atomic E-state index is 11.6. The van der Waals surface area contributed by atoms with Gasteiger partial charge in [0.1, 0.15) is 0 Å². The molecule has 98 valence electrons. The Kier molecular flexibility index (Phi) is 8.05. The second-order valence-corrected chi connectivity index (χ2v) is 3.93. The van der Waals surface area contributed by atoms with Crippen molar-refractivity contribution in [2.24, 2.45) is 0 Å². The van der Waals surface area contributed by atoms with E-state index in [1.165, 1.54) is 0 Å². The molecular weight excluding hydrogens is 397 g/mol. The van der Waals surface area contributed by atoms with Crippen LogP contribution in [-0.2, 0) is 27.6 Å². The number of hydrogen-bond donors (Lipinski definition) is 3. The molecule has 0 fully saturated rings. The van der Waals surface area contributed by atoms with Crippen molar-refractivity contribution >= 4 is 5.91 Å². The maximum atomic E-state index is 11.6. The maximum Gasteiger partial charge on any atom is 0.251 e. The van der Waals surface area contributed by atoms with Gasteiger partial charge in [-0.15, -0.1) is 0 Å². The minimum Gasteiger partial charge on any atom is -0.350 e. The Labute approximate surface area is 117 Å². The van der Waals surface area contributed by atoms with Crippen molar-refractivity contribution in [3.8, 4) is 0 Å². The van der Waals surface area contributed by atoms with Crippen molar-refractivity contribution in [2.45, 2.75) is 26.4 Å². The van der Waals surface area contributed by atoms with Gasteiger partial charge in [0, 0.05) is 39.2 Å². The van der Waals surface area contributed by atoms with Gasteiger partial charge in [0.2, 0.25) is 0 Å². The van der Waals surface area contributed by atoms with Crippen LogP contribution in [0.1, 0.15) is 29.8 Å². The summed E-state index contributed by atoms with van der Waals surface area (Å²) in [5.74, 6) is -0.0249. The Hall–Kier alpha value is -0.702. The first-order valence-electron chi connectivity index (χ1n) is 5.43. The number of rotatable bonds is 5. The summed E-state index contributed by atoms with van der Waals surface area (Å²) in [5, 5.41) is 2.85. The van der Waals surface area contributed by atoms with Crippen molar-refractivity contribution in [3.63, 3.8) is 0 Å². The largest absolute Gasteiger partial charge is 0.350 e. The van der Waals surface area contributed by atoms with Crippen LogP contribution in [0.25, 0.3) is 0 Å². The monoisotopic (exact) mass is 416 g/mol. The van der Waals surface area contributed by atoms with Crippen LogP contribution in [-0.4, -0.2) is 19.0 Å². The molecule has 0 aliphatic heterocycles. The molecule has 1 aromatic carbocycles. The van der Waals surface area contributed by atoms with Gasteiger partial charge in [-0.3, -0.25) is 15.6 Å². The third kappa shape index (κ3) is 5.96. The van der Waals surface area contributed by atoms with Gasteiger partial charge in [0.25, 0.3) is 5.91 Å². The van der Waals surface area contributed by atoms with Gasteiger partial charge in [-0.2, -0.15) is 0 Å². The number of carbonyl (C=O) groups is 1.